The molecule has 0 saturated carbocycles. The molecule has 0 radical (unpaired) electrons. The molecule has 222 valence electrons. The number of carbonyl (C=O) groups is 2. The second-order valence-electron chi connectivity index (χ2n) is 12.0. The van der Waals surface area contributed by atoms with Crippen molar-refractivity contribution in [3.8, 4) is 22.3 Å². The van der Waals surface area contributed by atoms with Crippen LogP contribution in [0.5, 0.6) is 0 Å². The van der Waals surface area contributed by atoms with Crippen molar-refractivity contribution < 1.29 is 19.1 Å². The quantitative estimate of drug-likeness (QED) is 0.225. The predicted molar refractivity (Wildman–Crippen MR) is 165 cm³/mol. The first kappa shape index (κ1) is 30.4. The fraction of sp³-hybridized carbons (Fsp3) is 0.375. The van der Waals surface area contributed by atoms with Gasteiger partial charge in [-0.1, -0.05) is 60.7 Å². The molecule has 0 amide bonds. The summed E-state index contributed by atoms with van der Waals surface area (Å²) >= 11 is 0. The number of benzene rings is 2. The van der Waals surface area contributed by atoms with Crippen molar-refractivity contribution in [2.75, 3.05) is 23.7 Å². The minimum absolute atomic E-state index is 0.456. The number of carbonyl (C=O) groups excluding carboxylic acids is 2. The van der Waals surface area contributed by atoms with E-state index < -0.39 is 23.4 Å². The normalized spacial score (nSPS) is 11.7. The zero-order valence-electron chi connectivity index (χ0n) is 25.6. The van der Waals surface area contributed by atoms with Gasteiger partial charge in [0.1, 0.15) is 11.2 Å². The van der Waals surface area contributed by atoms with Crippen molar-refractivity contribution in [1.29, 1.82) is 0 Å². The lowest BCUT2D eigenvalue weighted by Gasteiger charge is -2.19. The highest BCUT2D eigenvalue weighted by molar-refractivity contribution is 5.84. The third-order valence-electron chi connectivity index (χ3n) is 6.20. The number of hydrogen-bond donors (Lipinski definition) is 2. The van der Waals surface area contributed by atoms with Gasteiger partial charge in [-0.25, -0.2) is 9.59 Å². The fourth-order valence-electron chi connectivity index (χ4n) is 4.48. The van der Waals surface area contributed by atoms with Crippen LogP contribution in [0.3, 0.4) is 0 Å². The van der Waals surface area contributed by atoms with Crippen LogP contribution >= 0.6 is 0 Å². The summed E-state index contributed by atoms with van der Waals surface area (Å²) in [5.41, 5.74) is 3.52. The van der Waals surface area contributed by atoms with Crippen molar-refractivity contribution in [2.24, 2.45) is 0 Å². The standard InChI is InChI=1S/C32H40N6O4/c1-21-25(23-15-11-9-12-16-23)27(35-37(21)29(39)41-31(3,4)5)33-19-20-34-28-26(24-17-13-10-14-18-24)22(2)38(36-28)30(40)42-32(6,7)8/h9-18H,19-20H2,1-8H3,(H,33,35)(H,34,36). The third kappa shape index (κ3) is 7.18. The monoisotopic (exact) mass is 572 g/mol. The summed E-state index contributed by atoms with van der Waals surface area (Å²) in [6, 6.07) is 19.6. The van der Waals surface area contributed by atoms with Gasteiger partial charge in [0.25, 0.3) is 0 Å². The van der Waals surface area contributed by atoms with E-state index in [1.807, 2.05) is 116 Å². The molecular formula is C32H40N6O4. The van der Waals surface area contributed by atoms with Gasteiger partial charge in [0, 0.05) is 24.2 Å². The summed E-state index contributed by atoms with van der Waals surface area (Å²) in [4.78, 5) is 25.9. The molecule has 0 unspecified atom stereocenters. The summed E-state index contributed by atoms with van der Waals surface area (Å²) in [6.45, 7) is 15.5. The van der Waals surface area contributed by atoms with E-state index >= 15 is 0 Å². The van der Waals surface area contributed by atoms with Crippen LogP contribution in [0.25, 0.3) is 22.3 Å². The molecule has 2 aromatic heterocycles. The van der Waals surface area contributed by atoms with Gasteiger partial charge >= 0.3 is 12.2 Å². The predicted octanol–water partition coefficient (Wildman–Crippen LogP) is 7.12. The number of aromatic nitrogens is 4. The Hall–Kier alpha value is -4.60. The van der Waals surface area contributed by atoms with Crippen LogP contribution < -0.4 is 10.6 Å². The lowest BCUT2D eigenvalue weighted by molar-refractivity contribution is 0.0500. The summed E-state index contributed by atoms with van der Waals surface area (Å²) in [5.74, 6) is 1.12. The maximum atomic E-state index is 12.9. The second kappa shape index (κ2) is 12.1. The maximum absolute atomic E-state index is 12.9. The molecule has 4 rings (SSSR count). The molecule has 2 aromatic carbocycles. The average molecular weight is 573 g/mol. The van der Waals surface area contributed by atoms with Gasteiger partial charge < -0.3 is 20.1 Å². The van der Waals surface area contributed by atoms with E-state index in [-0.39, 0.29) is 0 Å². The van der Waals surface area contributed by atoms with E-state index in [2.05, 4.69) is 20.8 Å². The molecule has 0 aliphatic carbocycles. The van der Waals surface area contributed by atoms with E-state index in [0.29, 0.717) is 36.1 Å². The molecule has 42 heavy (non-hydrogen) atoms. The highest BCUT2D eigenvalue weighted by Crippen LogP contribution is 2.33. The minimum atomic E-state index is -0.656. The molecule has 0 bridgehead atoms. The number of hydrogen-bond acceptors (Lipinski definition) is 8. The molecular weight excluding hydrogens is 532 g/mol. The van der Waals surface area contributed by atoms with Gasteiger partial charge in [0.2, 0.25) is 0 Å². The molecule has 0 spiro atoms. The van der Waals surface area contributed by atoms with Crippen LogP contribution in [0.4, 0.5) is 21.2 Å². The number of ether oxygens (including phenoxy) is 2. The van der Waals surface area contributed by atoms with E-state index in [0.717, 1.165) is 22.3 Å². The van der Waals surface area contributed by atoms with Crippen molar-refractivity contribution in [1.82, 2.24) is 19.6 Å². The van der Waals surface area contributed by atoms with Crippen LogP contribution in [0.15, 0.2) is 60.7 Å². The zero-order valence-corrected chi connectivity index (χ0v) is 25.6. The molecule has 10 nitrogen and oxygen atoms in total. The zero-order chi connectivity index (χ0) is 30.7. The highest BCUT2D eigenvalue weighted by atomic mass is 16.6. The Labute approximate surface area is 247 Å². The number of anilines is 2. The van der Waals surface area contributed by atoms with Gasteiger partial charge in [-0.2, -0.15) is 9.36 Å². The van der Waals surface area contributed by atoms with Crippen molar-refractivity contribution in [3.63, 3.8) is 0 Å². The van der Waals surface area contributed by atoms with Crippen LogP contribution in [-0.4, -0.2) is 56.0 Å². The first-order chi connectivity index (χ1) is 19.7. The Balaban J connectivity index is 1.58. The summed E-state index contributed by atoms with van der Waals surface area (Å²) in [6.07, 6.45) is -1.09. The van der Waals surface area contributed by atoms with Gasteiger partial charge in [0.15, 0.2) is 11.6 Å². The number of rotatable bonds is 7. The molecule has 0 fully saturated rings. The lowest BCUT2D eigenvalue weighted by atomic mass is 10.1. The lowest BCUT2D eigenvalue weighted by Crippen LogP contribution is -2.28. The van der Waals surface area contributed by atoms with Gasteiger partial charge in [-0.3, -0.25) is 0 Å². The molecule has 10 heteroatoms. The molecule has 0 aliphatic rings. The third-order valence-corrected chi connectivity index (χ3v) is 6.20. The van der Waals surface area contributed by atoms with E-state index in [4.69, 9.17) is 9.47 Å². The van der Waals surface area contributed by atoms with Crippen LogP contribution in [0.2, 0.25) is 0 Å². The van der Waals surface area contributed by atoms with Crippen molar-refractivity contribution in [2.45, 2.75) is 66.6 Å². The molecule has 2 N–H and O–H groups in total. The SMILES string of the molecule is Cc1c(-c2ccccc2)c(NCCNc2nn(C(=O)OC(C)(C)C)c(C)c2-c2ccccc2)nn1C(=O)OC(C)(C)C. The molecule has 2 heterocycles. The summed E-state index contributed by atoms with van der Waals surface area (Å²) < 4.78 is 13.8. The Morgan fingerprint density at radius 3 is 1.29 bits per heavy atom. The first-order valence-corrected chi connectivity index (χ1v) is 14.0. The van der Waals surface area contributed by atoms with Crippen LogP contribution in [-0.2, 0) is 9.47 Å². The van der Waals surface area contributed by atoms with Crippen LogP contribution in [0, 0.1) is 13.8 Å². The van der Waals surface area contributed by atoms with Gasteiger partial charge in [0.05, 0.1) is 11.4 Å². The Bertz CT molecular complexity index is 1430. The Morgan fingerprint density at radius 2 is 0.976 bits per heavy atom. The van der Waals surface area contributed by atoms with E-state index in [9.17, 15) is 9.59 Å². The van der Waals surface area contributed by atoms with Gasteiger partial charge in [-0.05, 0) is 66.5 Å². The molecule has 0 aliphatic heterocycles. The van der Waals surface area contributed by atoms with Crippen LogP contribution in [0.1, 0.15) is 52.9 Å². The molecule has 0 atom stereocenters. The van der Waals surface area contributed by atoms with E-state index in [1.54, 1.807) is 0 Å². The molecule has 4 aromatic rings. The van der Waals surface area contributed by atoms with Crippen molar-refractivity contribution >= 4 is 23.8 Å². The second-order valence-corrected chi connectivity index (χ2v) is 12.0. The van der Waals surface area contributed by atoms with Crippen molar-refractivity contribution in [3.05, 3.63) is 72.1 Å². The van der Waals surface area contributed by atoms with E-state index in [1.165, 1.54) is 9.36 Å². The fourth-order valence-corrected chi connectivity index (χ4v) is 4.48. The topological polar surface area (TPSA) is 112 Å². The molecule has 0 saturated heterocycles. The minimum Gasteiger partial charge on any atom is -0.442 e. The summed E-state index contributed by atoms with van der Waals surface area (Å²) in [7, 11) is 0. The number of nitrogens with one attached hydrogen (secondary N) is 2. The Kier molecular flexibility index (Phi) is 8.75. The Morgan fingerprint density at radius 1 is 0.643 bits per heavy atom. The maximum Gasteiger partial charge on any atom is 0.435 e. The highest BCUT2D eigenvalue weighted by Gasteiger charge is 2.26. The largest absolute Gasteiger partial charge is 0.442 e. The average Bonchev–Trinajstić information content (AvgIpc) is 3.42. The van der Waals surface area contributed by atoms with Gasteiger partial charge in [-0.15, -0.1) is 10.2 Å². The number of nitrogens with zero attached hydrogens (tertiary/aromatic N) is 4. The first-order valence-electron chi connectivity index (χ1n) is 14.0. The smallest absolute Gasteiger partial charge is 0.435 e. The summed E-state index contributed by atoms with van der Waals surface area (Å²) in [5, 5.41) is 15.9.